The summed E-state index contributed by atoms with van der Waals surface area (Å²) in [5, 5.41) is 2.36. The van der Waals surface area contributed by atoms with Crippen LogP contribution in [-0.2, 0) is 16.1 Å². The van der Waals surface area contributed by atoms with Gasteiger partial charge in [0.15, 0.2) is 0 Å². The Morgan fingerprint density at radius 2 is 1.77 bits per heavy atom. The van der Waals surface area contributed by atoms with Crippen LogP contribution < -0.4 is 11.1 Å². The fraction of sp³-hybridized carbons (Fsp3) is 0.481. The number of nitrogens with one attached hydrogen (secondary N) is 1. The molecule has 0 spiro atoms. The number of hydrogen-bond acceptors (Lipinski definition) is 5. The molecule has 8 heteroatoms. The van der Waals surface area contributed by atoms with Crippen molar-refractivity contribution in [2.75, 3.05) is 27.7 Å². The zero-order chi connectivity index (χ0) is 26.1. The van der Waals surface area contributed by atoms with Crippen LogP contribution >= 0.6 is 0 Å². The first kappa shape index (κ1) is 29.8. The van der Waals surface area contributed by atoms with Crippen molar-refractivity contribution >= 4 is 18.7 Å². The van der Waals surface area contributed by atoms with Crippen molar-refractivity contribution in [1.82, 2.24) is 20.1 Å². The van der Waals surface area contributed by atoms with Gasteiger partial charge in [-0.05, 0) is 55.5 Å². The van der Waals surface area contributed by atoms with Gasteiger partial charge in [0.1, 0.15) is 12.3 Å². The molecule has 1 aromatic carbocycles. The van der Waals surface area contributed by atoms with Crippen LogP contribution in [0.2, 0.25) is 0 Å². The number of amides is 3. The van der Waals surface area contributed by atoms with Crippen LogP contribution in [0.5, 0.6) is 0 Å². The molecule has 1 fully saturated rings. The van der Waals surface area contributed by atoms with E-state index in [0.29, 0.717) is 24.8 Å². The van der Waals surface area contributed by atoms with Crippen molar-refractivity contribution in [3.05, 3.63) is 65.5 Å². The third-order valence-electron chi connectivity index (χ3n) is 5.89. The van der Waals surface area contributed by atoms with Gasteiger partial charge in [0.25, 0.3) is 0 Å². The molecule has 1 saturated carbocycles. The van der Waals surface area contributed by atoms with Crippen LogP contribution in [0.25, 0.3) is 0 Å². The molecule has 2 aromatic rings. The highest BCUT2D eigenvalue weighted by Gasteiger charge is 2.16. The summed E-state index contributed by atoms with van der Waals surface area (Å²) in [5.41, 5.74) is 7.87. The van der Waals surface area contributed by atoms with E-state index in [-0.39, 0.29) is 6.03 Å². The van der Waals surface area contributed by atoms with Gasteiger partial charge in [-0.2, -0.15) is 0 Å². The lowest BCUT2D eigenvalue weighted by molar-refractivity contribution is -0.115. The Kier molecular flexibility index (Phi) is 14.6. The van der Waals surface area contributed by atoms with Gasteiger partial charge in [-0.25, -0.2) is 4.79 Å². The Hall–Kier alpha value is -3.26. The lowest BCUT2D eigenvalue weighted by atomic mass is 9.84. The molecule has 1 aliphatic rings. The molecule has 8 nitrogen and oxygen atoms in total. The van der Waals surface area contributed by atoms with E-state index in [9.17, 15) is 14.4 Å². The number of hydrogen-bond donors (Lipinski definition) is 2. The number of nitrogens with zero attached hydrogens (tertiary/aromatic N) is 3. The molecule has 192 valence electrons. The third-order valence-corrected chi connectivity index (χ3v) is 5.89. The van der Waals surface area contributed by atoms with Crippen LogP contribution in [0, 0.1) is 0 Å². The Balaban J connectivity index is 0.000000372. The first-order chi connectivity index (χ1) is 17.0. The van der Waals surface area contributed by atoms with Gasteiger partial charge in [0, 0.05) is 39.6 Å². The van der Waals surface area contributed by atoms with E-state index in [1.165, 1.54) is 56.5 Å². The van der Waals surface area contributed by atoms with Gasteiger partial charge in [-0.15, -0.1) is 0 Å². The number of nitrogens with two attached hydrogens (primary N) is 1. The zero-order valence-corrected chi connectivity index (χ0v) is 21.5. The van der Waals surface area contributed by atoms with E-state index in [2.05, 4.69) is 40.3 Å². The summed E-state index contributed by atoms with van der Waals surface area (Å²) in [7, 11) is 5.11. The quantitative estimate of drug-likeness (QED) is 0.554. The second-order valence-corrected chi connectivity index (χ2v) is 8.45. The number of rotatable bonds is 8. The highest BCUT2D eigenvalue weighted by atomic mass is 16.2. The number of pyridine rings is 1. The SMILES string of the molecule is CCN(Cc1ccc(C2CCCCC2)cc1)C(=O)N(C)C.CN.O=CNC(C=O)c1cccnc1. The molecule has 0 aliphatic heterocycles. The second-order valence-electron chi connectivity index (χ2n) is 8.45. The molecule has 35 heavy (non-hydrogen) atoms. The smallest absolute Gasteiger partial charge is 0.319 e. The number of urea groups is 1. The first-order valence-electron chi connectivity index (χ1n) is 12.2. The number of benzene rings is 1. The summed E-state index contributed by atoms with van der Waals surface area (Å²) >= 11 is 0. The normalized spacial score (nSPS) is 13.6. The third kappa shape index (κ3) is 10.3. The van der Waals surface area contributed by atoms with E-state index in [1.807, 2.05) is 11.8 Å². The minimum Gasteiger partial charge on any atom is -0.345 e. The summed E-state index contributed by atoms with van der Waals surface area (Å²) < 4.78 is 0. The Labute approximate surface area is 209 Å². The maximum atomic E-state index is 12.0. The van der Waals surface area contributed by atoms with Gasteiger partial charge in [-0.1, -0.05) is 49.6 Å². The molecular formula is C27H41N5O3. The van der Waals surface area contributed by atoms with E-state index >= 15 is 0 Å². The molecule has 3 amide bonds. The highest BCUT2D eigenvalue weighted by Crippen LogP contribution is 2.32. The lowest BCUT2D eigenvalue weighted by Gasteiger charge is -2.25. The molecule has 0 saturated heterocycles. The number of aldehydes is 1. The van der Waals surface area contributed by atoms with Crippen molar-refractivity contribution in [1.29, 1.82) is 0 Å². The molecule has 0 radical (unpaired) electrons. The molecular weight excluding hydrogens is 442 g/mol. The van der Waals surface area contributed by atoms with Crippen LogP contribution in [0.4, 0.5) is 4.79 Å². The van der Waals surface area contributed by atoms with E-state index < -0.39 is 6.04 Å². The van der Waals surface area contributed by atoms with E-state index in [4.69, 9.17) is 0 Å². The van der Waals surface area contributed by atoms with E-state index in [0.717, 1.165) is 12.5 Å². The maximum absolute atomic E-state index is 12.0. The number of carbonyl (C=O) groups is 3. The minimum atomic E-state index is -0.587. The van der Waals surface area contributed by atoms with Crippen molar-refractivity contribution in [3.8, 4) is 0 Å². The van der Waals surface area contributed by atoms with Crippen LogP contribution in [0.3, 0.4) is 0 Å². The summed E-state index contributed by atoms with van der Waals surface area (Å²) in [6.45, 7) is 3.46. The molecule has 0 bridgehead atoms. The minimum absolute atomic E-state index is 0.0776. The summed E-state index contributed by atoms with van der Waals surface area (Å²) in [6, 6.07) is 11.8. The molecule has 1 unspecified atom stereocenters. The molecule has 1 atom stereocenters. The number of aromatic nitrogens is 1. The fourth-order valence-electron chi connectivity index (χ4n) is 4.00. The van der Waals surface area contributed by atoms with Crippen LogP contribution in [-0.4, -0.2) is 61.2 Å². The predicted molar refractivity (Wildman–Crippen MR) is 140 cm³/mol. The molecule has 1 heterocycles. The first-order valence-corrected chi connectivity index (χ1v) is 12.2. The average molecular weight is 484 g/mol. The monoisotopic (exact) mass is 483 g/mol. The predicted octanol–water partition coefficient (Wildman–Crippen LogP) is 3.88. The van der Waals surface area contributed by atoms with E-state index in [1.54, 1.807) is 37.3 Å². The van der Waals surface area contributed by atoms with Crippen LogP contribution in [0.1, 0.15) is 67.7 Å². The van der Waals surface area contributed by atoms with Gasteiger partial charge in [0.2, 0.25) is 6.41 Å². The second kappa shape index (κ2) is 17.2. The standard InChI is InChI=1S/C18H28N2O.C8H8N2O2.CH5N/c1-4-20(18(21)19(2)3)14-15-10-12-17(13-11-15)16-8-6-5-7-9-16;11-5-8(10-6-12)7-2-1-3-9-4-7;1-2/h10-13,16H,4-9,14H2,1-3H3;1-6,8H,(H,10,12);2H2,1H3. The highest BCUT2D eigenvalue weighted by molar-refractivity contribution is 5.73. The molecule has 3 rings (SSSR count). The van der Waals surface area contributed by atoms with Gasteiger partial charge in [-0.3, -0.25) is 9.78 Å². The largest absolute Gasteiger partial charge is 0.345 e. The van der Waals surface area contributed by atoms with Gasteiger partial charge in [0.05, 0.1) is 0 Å². The average Bonchev–Trinajstić information content (AvgIpc) is 2.92. The molecule has 1 aromatic heterocycles. The number of carbonyl (C=O) groups excluding carboxylic acids is 3. The Morgan fingerprint density at radius 1 is 1.11 bits per heavy atom. The Bertz CT molecular complexity index is 853. The summed E-state index contributed by atoms with van der Waals surface area (Å²) in [4.78, 5) is 39.9. The van der Waals surface area contributed by atoms with Crippen LogP contribution in [0.15, 0.2) is 48.8 Å². The van der Waals surface area contributed by atoms with Gasteiger partial charge < -0.3 is 25.6 Å². The summed E-state index contributed by atoms with van der Waals surface area (Å²) in [6.07, 6.45) is 11.1. The lowest BCUT2D eigenvalue weighted by Crippen LogP contribution is -2.38. The fourth-order valence-corrected chi connectivity index (χ4v) is 4.00. The van der Waals surface area contributed by atoms with Crippen molar-refractivity contribution in [3.63, 3.8) is 0 Å². The van der Waals surface area contributed by atoms with Gasteiger partial charge >= 0.3 is 6.03 Å². The molecule has 3 N–H and O–H groups in total. The summed E-state index contributed by atoms with van der Waals surface area (Å²) in [5.74, 6) is 0.749. The van der Waals surface area contributed by atoms with Crippen molar-refractivity contribution in [2.45, 2.75) is 57.5 Å². The maximum Gasteiger partial charge on any atom is 0.319 e. The van der Waals surface area contributed by atoms with Crippen molar-refractivity contribution in [2.24, 2.45) is 5.73 Å². The van der Waals surface area contributed by atoms with Crippen molar-refractivity contribution < 1.29 is 14.4 Å². The Morgan fingerprint density at radius 3 is 2.26 bits per heavy atom. The zero-order valence-electron chi connectivity index (χ0n) is 21.5. The topological polar surface area (TPSA) is 109 Å². The molecule has 1 aliphatic carbocycles.